The third-order valence-corrected chi connectivity index (χ3v) is 1.57. The Hall–Kier alpha value is -0.790. The molecule has 0 aromatic rings. The molecule has 2 heteroatoms. The lowest BCUT2D eigenvalue weighted by atomic mass is 10.2. The maximum atomic E-state index is 10.1. The predicted molar refractivity (Wildman–Crippen MR) is 34.1 cm³/mol. The zero-order valence-electron chi connectivity index (χ0n) is 5.42. The number of aliphatic carboxylic acids is 1. The molecule has 1 saturated carbocycles. The number of carboxylic acids is 1. The summed E-state index contributed by atoms with van der Waals surface area (Å²) in [4.78, 5) is 10.1. The average Bonchev–Trinajstić information content (AvgIpc) is 2.40. The SMILES string of the molecule is CC(=CC(=O)O)C1CC1. The first-order valence-corrected chi connectivity index (χ1v) is 3.11. The van der Waals surface area contributed by atoms with Gasteiger partial charge in [0, 0.05) is 6.08 Å². The lowest BCUT2D eigenvalue weighted by molar-refractivity contribution is -0.131. The Balaban J connectivity index is 2.47. The fourth-order valence-corrected chi connectivity index (χ4v) is 0.851. The van der Waals surface area contributed by atoms with E-state index in [1.54, 1.807) is 0 Å². The van der Waals surface area contributed by atoms with Crippen molar-refractivity contribution in [2.75, 3.05) is 0 Å². The minimum atomic E-state index is -0.820. The molecular formula is C7H10O2. The van der Waals surface area contributed by atoms with E-state index in [0.29, 0.717) is 5.92 Å². The van der Waals surface area contributed by atoms with E-state index in [1.165, 1.54) is 18.9 Å². The molecule has 50 valence electrons. The van der Waals surface area contributed by atoms with Crippen LogP contribution in [-0.2, 0) is 4.79 Å². The van der Waals surface area contributed by atoms with Crippen LogP contribution in [0.1, 0.15) is 19.8 Å². The van der Waals surface area contributed by atoms with Gasteiger partial charge in [0.15, 0.2) is 0 Å². The molecule has 1 rings (SSSR count). The summed E-state index contributed by atoms with van der Waals surface area (Å²) < 4.78 is 0. The van der Waals surface area contributed by atoms with Crippen LogP contribution < -0.4 is 0 Å². The molecule has 9 heavy (non-hydrogen) atoms. The van der Waals surface area contributed by atoms with Gasteiger partial charge in [-0.2, -0.15) is 0 Å². The van der Waals surface area contributed by atoms with Crippen LogP contribution >= 0.6 is 0 Å². The second kappa shape index (κ2) is 2.21. The third kappa shape index (κ3) is 1.88. The van der Waals surface area contributed by atoms with Gasteiger partial charge in [-0.3, -0.25) is 0 Å². The second-order valence-corrected chi connectivity index (χ2v) is 2.50. The first kappa shape index (κ1) is 6.33. The van der Waals surface area contributed by atoms with E-state index in [-0.39, 0.29) is 0 Å². The fourth-order valence-electron chi connectivity index (χ4n) is 0.851. The van der Waals surface area contributed by atoms with Gasteiger partial charge in [0.1, 0.15) is 0 Å². The zero-order chi connectivity index (χ0) is 6.85. The standard InChI is InChI=1S/C7H10O2/c1-5(4-7(8)9)6-2-3-6/h4,6H,2-3H2,1H3,(H,8,9). The van der Waals surface area contributed by atoms with Crippen molar-refractivity contribution in [1.82, 2.24) is 0 Å². The number of hydrogen-bond acceptors (Lipinski definition) is 1. The monoisotopic (exact) mass is 126 g/mol. The molecule has 1 N–H and O–H groups in total. The smallest absolute Gasteiger partial charge is 0.328 e. The molecule has 0 radical (unpaired) electrons. The van der Waals surface area contributed by atoms with E-state index in [1.807, 2.05) is 6.92 Å². The Bertz CT molecular complexity index is 154. The van der Waals surface area contributed by atoms with E-state index in [9.17, 15) is 4.79 Å². The van der Waals surface area contributed by atoms with Gasteiger partial charge >= 0.3 is 5.97 Å². The van der Waals surface area contributed by atoms with Gasteiger partial charge in [0.05, 0.1) is 0 Å². The molecule has 0 aromatic heterocycles. The van der Waals surface area contributed by atoms with Crippen LogP contribution in [0.15, 0.2) is 11.6 Å². The Morgan fingerprint density at radius 2 is 2.22 bits per heavy atom. The summed E-state index contributed by atoms with van der Waals surface area (Å²) in [5.74, 6) is -0.236. The summed E-state index contributed by atoms with van der Waals surface area (Å²) >= 11 is 0. The van der Waals surface area contributed by atoms with Crippen LogP contribution in [0.5, 0.6) is 0 Å². The summed E-state index contributed by atoms with van der Waals surface area (Å²) in [7, 11) is 0. The lowest BCUT2D eigenvalue weighted by Gasteiger charge is -1.90. The Kier molecular flexibility index (Phi) is 1.56. The van der Waals surface area contributed by atoms with Crippen molar-refractivity contribution >= 4 is 5.97 Å². The third-order valence-electron chi connectivity index (χ3n) is 1.57. The summed E-state index contributed by atoms with van der Waals surface area (Å²) in [6.07, 6.45) is 3.66. The van der Waals surface area contributed by atoms with E-state index in [0.717, 1.165) is 5.57 Å². The second-order valence-electron chi connectivity index (χ2n) is 2.50. The zero-order valence-corrected chi connectivity index (χ0v) is 5.42. The van der Waals surface area contributed by atoms with Gasteiger partial charge in [-0.1, -0.05) is 5.57 Å². The highest BCUT2D eigenvalue weighted by molar-refractivity contribution is 5.80. The number of allylic oxidation sites excluding steroid dienone is 1. The normalized spacial score (nSPS) is 19.9. The maximum absolute atomic E-state index is 10.1. The van der Waals surface area contributed by atoms with E-state index >= 15 is 0 Å². The van der Waals surface area contributed by atoms with Crippen molar-refractivity contribution in [2.45, 2.75) is 19.8 Å². The Labute approximate surface area is 54.2 Å². The van der Waals surface area contributed by atoms with Crippen LogP contribution in [0, 0.1) is 5.92 Å². The van der Waals surface area contributed by atoms with Gasteiger partial charge in [0.25, 0.3) is 0 Å². The van der Waals surface area contributed by atoms with Crippen LogP contribution in [0.3, 0.4) is 0 Å². The summed E-state index contributed by atoms with van der Waals surface area (Å²) in [5, 5.41) is 8.28. The fraction of sp³-hybridized carbons (Fsp3) is 0.571. The van der Waals surface area contributed by atoms with E-state index in [2.05, 4.69) is 0 Å². The Morgan fingerprint density at radius 1 is 1.67 bits per heavy atom. The van der Waals surface area contributed by atoms with Gasteiger partial charge < -0.3 is 5.11 Å². The molecular weight excluding hydrogens is 116 g/mol. The molecule has 1 aliphatic carbocycles. The van der Waals surface area contributed by atoms with Gasteiger partial charge in [-0.15, -0.1) is 0 Å². The number of carbonyl (C=O) groups is 1. The maximum Gasteiger partial charge on any atom is 0.328 e. The molecule has 1 aliphatic rings. The highest BCUT2D eigenvalue weighted by Gasteiger charge is 2.23. The molecule has 2 nitrogen and oxygen atoms in total. The van der Waals surface area contributed by atoms with E-state index in [4.69, 9.17) is 5.11 Å². The van der Waals surface area contributed by atoms with Crippen LogP contribution in [0.2, 0.25) is 0 Å². The molecule has 0 heterocycles. The van der Waals surface area contributed by atoms with Crippen molar-refractivity contribution in [1.29, 1.82) is 0 Å². The van der Waals surface area contributed by atoms with Gasteiger partial charge in [0.2, 0.25) is 0 Å². The minimum Gasteiger partial charge on any atom is -0.478 e. The predicted octanol–water partition coefficient (Wildman–Crippen LogP) is 1.43. The van der Waals surface area contributed by atoms with Gasteiger partial charge in [-0.05, 0) is 25.7 Å². The highest BCUT2D eigenvalue weighted by atomic mass is 16.4. The largest absolute Gasteiger partial charge is 0.478 e. The van der Waals surface area contributed by atoms with Crippen molar-refractivity contribution in [3.63, 3.8) is 0 Å². The minimum absolute atomic E-state index is 0.584. The molecule has 0 unspecified atom stereocenters. The number of hydrogen-bond donors (Lipinski definition) is 1. The lowest BCUT2D eigenvalue weighted by Crippen LogP contribution is -1.90. The molecule has 0 amide bonds. The van der Waals surface area contributed by atoms with E-state index < -0.39 is 5.97 Å². The Morgan fingerprint density at radius 3 is 2.56 bits per heavy atom. The number of carboxylic acid groups (broad SMARTS) is 1. The van der Waals surface area contributed by atoms with Crippen LogP contribution in [0.25, 0.3) is 0 Å². The van der Waals surface area contributed by atoms with Crippen molar-refractivity contribution in [3.05, 3.63) is 11.6 Å². The van der Waals surface area contributed by atoms with Crippen molar-refractivity contribution in [3.8, 4) is 0 Å². The summed E-state index contributed by atoms with van der Waals surface area (Å²) in [5.41, 5.74) is 1.02. The molecule has 0 atom stereocenters. The van der Waals surface area contributed by atoms with Crippen LogP contribution in [-0.4, -0.2) is 11.1 Å². The summed E-state index contributed by atoms with van der Waals surface area (Å²) in [6, 6.07) is 0. The average molecular weight is 126 g/mol. The molecule has 1 fully saturated rings. The topological polar surface area (TPSA) is 37.3 Å². The summed E-state index contributed by atoms with van der Waals surface area (Å²) in [6.45, 7) is 1.88. The van der Waals surface area contributed by atoms with Crippen molar-refractivity contribution < 1.29 is 9.90 Å². The molecule has 0 spiro atoms. The first-order valence-electron chi connectivity index (χ1n) is 3.11. The molecule has 0 bridgehead atoms. The molecule has 0 aromatic carbocycles. The molecule has 0 saturated heterocycles. The molecule has 0 aliphatic heterocycles. The highest BCUT2D eigenvalue weighted by Crippen LogP contribution is 2.35. The van der Waals surface area contributed by atoms with Gasteiger partial charge in [-0.25, -0.2) is 4.79 Å². The quantitative estimate of drug-likeness (QED) is 0.568. The number of rotatable bonds is 2. The first-order chi connectivity index (χ1) is 4.20. The van der Waals surface area contributed by atoms with Crippen molar-refractivity contribution in [2.24, 2.45) is 5.92 Å². The van der Waals surface area contributed by atoms with Crippen LogP contribution in [0.4, 0.5) is 0 Å².